The van der Waals surface area contributed by atoms with Crippen molar-refractivity contribution in [3.8, 4) is 0 Å². The lowest BCUT2D eigenvalue weighted by atomic mass is 9.95. The molecule has 1 saturated carbocycles. The first-order chi connectivity index (χ1) is 10.5. The number of rotatable bonds is 3. The Kier molecular flexibility index (Phi) is 4.06. The monoisotopic (exact) mass is 307 g/mol. The second-order valence-electron chi connectivity index (χ2n) is 6.77. The largest absolute Gasteiger partial charge is 0.370 e. The zero-order valence-corrected chi connectivity index (χ0v) is 13.0. The third-order valence-electron chi connectivity index (χ3n) is 4.88. The van der Waals surface area contributed by atoms with E-state index in [-0.39, 0.29) is 5.41 Å². The van der Waals surface area contributed by atoms with E-state index in [1.807, 2.05) is 0 Å². The minimum Gasteiger partial charge on any atom is -0.370 e. The van der Waals surface area contributed by atoms with Gasteiger partial charge in [-0.05, 0) is 43.2 Å². The van der Waals surface area contributed by atoms with Crippen molar-refractivity contribution in [3.05, 3.63) is 35.4 Å². The zero-order valence-electron chi connectivity index (χ0n) is 13.0. The Labute approximate surface area is 130 Å². The molecule has 2 fully saturated rings. The first kappa shape index (κ1) is 15.3. The Balaban J connectivity index is 1.70. The molecule has 1 aliphatic heterocycles. The molecule has 1 aliphatic carbocycles. The average molecular weight is 307 g/mol. The van der Waals surface area contributed by atoms with Gasteiger partial charge in [0.2, 0.25) is 0 Å². The van der Waals surface area contributed by atoms with Gasteiger partial charge in [-0.2, -0.15) is 0 Å². The van der Waals surface area contributed by atoms with Crippen LogP contribution in [0.5, 0.6) is 0 Å². The van der Waals surface area contributed by atoms with Gasteiger partial charge in [-0.15, -0.1) is 0 Å². The molecule has 0 amide bonds. The summed E-state index contributed by atoms with van der Waals surface area (Å²) in [6, 6.07) is 3.82. The molecule has 5 heteroatoms. The molecule has 22 heavy (non-hydrogen) atoms. The van der Waals surface area contributed by atoms with Gasteiger partial charge in [-0.3, -0.25) is 4.99 Å². The third kappa shape index (κ3) is 3.08. The molecular formula is C17H23F2N3. The van der Waals surface area contributed by atoms with Crippen LogP contribution in [0.15, 0.2) is 23.2 Å². The average Bonchev–Trinajstić information content (AvgIpc) is 3.25. The number of nitrogens with zero attached hydrogens (tertiary/aromatic N) is 2. The fourth-order valence-electron chi connectivity index (χ4n) is 3.31. The standard InChI is InChI=1S/C17H23F2N3/c1-12-3-2-8-22(10-12)16(20)21-11-17(6-7-17)14-5-4-13(18)9-15(14)19/h4-5,9,12H,2-3,6-8,10-11H2,1H3,(H2,20,21). The lowest BCUT2D eigenvalue weighted by Gasteiger charge is -2.32. The lowest BCUT2D eigenvalue weighted by molar-refractivity contribution is 0.270. The molecule has 1 aromatic rings. The van der Waals surface area contributed by atoms with Crippen LogP contribution in [0, 0.1) is 17.6 Å². The van der Waals surface area contributed by atoms with Gasteiger partial charge in [-0.1, -0.05) is 13.0 Å². The van der Waals surface area contributed by atoms with Crippen molar-refractivity contribution in [2.24, 2.45) is 16.6 Å². The van der Waals surface area contributed by atoms with Crippen LogP contribution in [0.3, 0.4) is 0 Å². The number of hydrogen-bond acceptors (Lipinski definition) is 1. The van der Waals surface area contributed by atoms with E-state index in [1.165, 1.54) is 12.5 Å². The van der Waals surface area contributed by atoms with Crippen molar-refractivity contribution in [1.29, 1.82) is 0 Å². The highest BCUT2D eigenvalue weighted by Crippen LogP contribution is 2.49. The Morgan fingerprint density at radius 2 is 2.18 bits per heavy atom. The van der Waals surface area contributed by atoms with Crippen LogP contribution in [0.4, 0.5) is 8.78 Å². The van der Waals surface area contributed by atoms with Crippen LogP contribution < -0.4 is 5.73 Å². The maximum Gasteiger partial charge on any atom is 0.191 e. The van der Waals surface area contributed by atoms with Crippen molar-refractivity contribution in [1.82, 2.24) is 4.90 Å². The summed E-state index contributed by atoms with van der Waals surface area (Å²) < 4.78 is 27.0. The summed E-state index contributed by atoms with van der Waals surface area (Å²) in [4.78, 5) is 6.63. The minimum absolute atomic E-state index is 0.288. The van der Waals surface area contributed by atoms with Crippen molar-refractivity contribution in [2.45, 2.75) is 38.0 Å². The molecule has 3 nitrogen and oxygen atoms in total. The number of hydrogen-bond donors (Lipinski definition) is 1. The third-order valence-corrected chi connectivity index (χ3v) is 4.88. The van der Waals surface area contributed by atoms with Crippen molar-refractivity contribution >= 4 is 5.96 Å². The number of aliphatic imine (C=N–C) groups is 1. The van der Waals surface area contributed by atoms with Gasteiger partial charge < -0.3 is 10.6 Å². The predicted molar refractivity (Wildman–Crippen MR) is 83.7 cm³/mol. The number of guanidine groups is 1. The Bertz CT molecular complexity index is 581. The summed E-state index contributed by atoms with van der Waals surface area (Å²) in [5.74, 6) is 0.174. The smallest absolute Gasteiger partial charge is 0.191 e. The molecule has 1 saturated heterocycles. The molecule has 1 atom stereocenters. The molecule has 0 bridgehead atoms. The van der Waals surface area contributed by atoms with E-state index in [0.717, 1.165) is 38.4 Å². The molecule has 3 rings (SSSR count). The fourth-order valence-corrected chi connectivity index (χ4v) is 3.31. The van der Waals surface area contributed by atoms with Crippen LogP contribution in [0.25, 0.3) is 0 Å². The van der Waals surface area contributed by atoms with Gasteiger partial charge in [0.25, 0.3) is 0 Å². The summed E-state index contributed by atoms with van der Waals surface area (Å²) in [6.45, 7) is 4.58. The summed E-state index contributed by atoms with van der Waals surface area (Å²) in [5, 5.41) is 0. The molecule has 0 aromatic heterocycles. The lowest BCUT2D eigenvalue weighted by Crippen LogP contribution is -2.43. The van der Waals surface area contributed by atoms with E-state index in [9.17, 15) is 8.78 Å². The van der Waals surface area contributed by atoms with E-state index in [4.69, 9.17) is 5.73 Å². The normalized spacial score (nSPS) is 24.4. The number of benzene rings is 1. The Morgan fingerprint density at radius 3 is 2.82 bits per heavy atom. The SMILES string of the molecule is CC1CCCN(C(N)=NCC2(c3ccc(F)cc3F)CC2)C1. The van der Waals surface area contributed by atoms with Crippen LogP contribution in [0.1, 0.15) is 38.2 Å². The number of piperidine rings is 1. The van der Waals surface area contributed by atoms with E-state index in [1.54, 1.807) is 6.07 Å². The van der Waals surface area contributed by atoms with Crippen LogP contribution in [-0.4, -0.2) is 30.5 Å². The van der Waals surface area contributed by atoms with Crippen LogP contribution >= 0.6 is 0 Å². The summed E-state index contributed by atoms with van der Waals surface area (Å²) >= 11 is 0. The highest BCUT2D eigenvalue weighted by Gasteiger charge is 2.46. The summed E-state index contributed by atoms with van der Waals surface area (Å²) in [6.07, 6.45) is 4.12. The molecule has 1 aromatic carbocycles. The molecule has 1 heterocycles. The quantitative estimate of drug-likeness (QED) is 0.689. The first-order valence-corrected chi connectivity index (χ1v) is 8.01. The Hall–Kier alpha value is -1.65. The van der Waals surface area contributed by atoms with Gasteiger partial charge in [0.1, 0.15) is 11.6 Å². The topological polar surface area (TPSA) is 41.6 Å². The fraction of sp³-hybridized carbons (Fsp3) is 0.588. The second-order valence-corrected chi connectivity index (χ2v) is 6.77. The number of likely N-dealkylation sites (tertiary alicyclic amines) is 1. The number of halogens is 2. The highest BCUT2D eigenvalue weighted by molar-refractivity contribution is 5.78. The molecular weight excluding hydrogens is 284 g/mol. The van der Waals surface area contributed by atoms with E-state index >= 15 is 0 Å². The maximum atomic E-state index is 14.0. The molecule has 0 radical (unpaired) electrons. The van der Waals surface area contributed by atoms with Crippen LogP contribution in [-0.2, 0) is 5.41 Å². The molecule has 2 aliphatic rings. The van der Waals surface area contributed by atoms with Gasteiger partial charge >= 0.3 is 0 Å². The second kappa shape index (κ2) is 5.86. The van der Waals surface area contributed by atoms with Gasteiger partial charge in [0.05, 0.1) is 6.54 Å². The van der Waals surface area contributed by atoms with E-state index in [2.05, 4.69) is 16.8 Å². The van der Waals surface area contributed by atoms with Crippen molar-refractivity contribution in [2.75, 3.05) is 19.6 Å². The Morgan fingerprint density at radius 1 is 1.41 bits per heavy atom. The molecule has 2 N–H and O–H groups in total. The molecule has 1 unspecified atom stereocenters. The predicted octanol–water partition coefficient (Wildman–Crippen LogP) is 3.04. The van der Waals surface area contributed by atoms with Crippen molar-refractivity contribution < 1.29 is 8.78 Å². The molecule has 0 spiro atoms. The number of nitrogens with two attached hydrogens (primary N) is 1. The molecule has 120 valence electrons. The zero-order chi connectivity index (χ0) is 15.7. The van der Waals surface area contributed by atoms with Gasteiger partial charge in [-0.25, -0.2) is 8.78 Å². The first-order valence-electron chi connectivity index (χ1n) is 8.01. The highest BCUT2D eigenvalue weighted by atomic mass is 19.1. The summed E-state index contributed by atoms with van der Waals surface area (Å²) in [5.41, 5.74) is 6.39. The minimum atomic E-state index is -0.539. The van der Waals surface area contributed by atoms with E-state index in [0.29, 0.717) is 24.0 Å². The van der Waals surface area contributed by atoms with Crippen molar-refractivity contribution in [3.63, 3.8) is 0 Å². The van der Waals surface area contributed by atoms with E-state index < -0.39 is 11.6 Å². The van der Waals surface area contributed by atoms with Gasteiger partial charge in [0.15, 0.2) is 5.96 Å². The summed E-state index contributed by atoms with van der Waals surface area (Å²) in [7, 11) is 0. The van der Waals surface area contributed by atoms with Crippen LogP contribution in [0.2, 0.25) is 0 Å². The maximum absolute atomic E-state index is 14.0. The van der Waals surface area contributed by atoms with Gasteiger partial charge in [0, 0.05) is 24.6 Å².